The average Bonchev–Trinajstić information content (AvgIpc) is 2.91. The Balaban J connectivity index is 2.01. The third-order valence-electron chi connectivity index (χ3n) is 4.73. The van der Waals surface area contributed by atoms with Gasteiger partial charge in [-0.1, -0.05) is 60.5 Å². The molecular formula is C18H18S. The highest BCUT2D eigenvalue weighted by Gasteiger charge is 2.42. The molecular weight excluding hydrogens is 248 g/mol. The van der Waals surface area contributed by atoms with Gasteiger partial charge in [0.15, 0.2) is 0 Å². The molecule has 1 aliphatic carbocycles. The van der Waals surface area contributed by atoms with Gasteiger partial charge < -0.3 is 0 Å². The third kappa shape index (κ3) is 1.61. The molecule has 0 radical (unpaired) electrons. The van der Waals surface area contributed by atoms with Gasteiger partial charge >= 0.3 is 0 Å². The van der Waals surface area contributed by atoms with Gasteiger partial charge in [0.2, 0.25) is 0 Å². The Hall–Kier alpha value is -1.21. The van der Waals surface area contributed by atoms with Crippen LogP contribution in [0.2, 0.25) is 0 Å². The Kier molecular flexibility index (Phi) is 2.53. The number of rotatable bonds is 0. The summed E-state index contributed by atoms with van der Waals surface area (Å²) in [5.41, 5.74) is 4.87. The highest BCUT2D eigenvalue weighted by Crippen LogP contribution is 2.56. The molecule has 0 nitrogen and oxygen atoms in total. The molecule has 1 heterocycles. The topological polar surface area (TPSA) is 0 Å². The first-order valence-corrected chi connectivity index (χ1v) is 8.00. The summed E-state index contributed by atoms with van der Waals surface area (Å²) in [6.07, 6.45) is 5.38. The molecule has 19 heavy (non-hydrogen) atoms. The Labute approximate surface area is 119 Å². The van der Waals surface area contributed by atoms with Gasteiger partial charge in [0.1, 0.15) is 0 Å². The summed E-state index contributed by atoms with van der Waals surface area (Å²) in [7, 11) is 0. The summed E-state index contributed by atoms with van der Waals surface area (Å²) in [5.74, 6) is 0. The van der Waals surface area contributed by atoms with Crippen LogP contribution < -0.4 is 0 Å². The number of fused-ring (bicyclic) bond motifs is 4. The zero-order chi connectivity index (χ0) is 12.9. The van der Waals surface area contributed by atoms with Crippen molar-refractivity contribution < 1.29 is 0 Å². The van der Waals surface area contributed by atoms with Gasteiger partial charge in [-0.05, 0) is 43.0 Å². The van der Waals surface area contributed by atoms with E-state index < -0.39 is 0 Å². The van der Waals surface area contributed by atoms with E-state index in [4.69, 9.17) is 0 Å². The molecule has 0 atom stereocenters. The predicted octanol–water partition coefficient (Wildman–Crippen LogP) is 5.32. The molecule has 1 spiro atoms. The standard InChI is InChI=1S/C18H18S/c1-13-8-9-17-15(12-13)18(10-4-5-11-18)14-6-2-3-7-16(14)19-17/h2-3,6-9,12H,4-5,10-11H2,1H3. The highest BCUT2D eigenvalue weighted by molar-refractivity contribution is 7.99. The Morgan fingerprint density at radius 3 is 2.47 bits per heavy atom. The maximum absolute atomic E-state index is 2.43. The Morgan fingerprint density at radius 2 is 1.63 bits per heavy atom. The number of benzene rings is 2. The smallest absolute Gasteiger partial charge is 0.0225 e. The van der Waals surface area contributed by atoms with Gasteiger partial charge in [-0.25, -0.2) is 0 Å². The minimum absolute atomic E-state index is 0.309. The first kappa shape index (κ1) is 11.6. The summed E-state index contributed by atoms with van der Waals surface area (Å²) in [6, 6.07) is 16.0. The van der Waals surface area contributed by atoms with Gasteiger partial charge in [0, 0.05) is 15.2 Å². The SMILES string of the molecule is Cc1ccc2c(c1)C1(CCCC1)c1ccccc1S2. The molecule has 2 aromatic carbocycles. The zero-order valence-electron chi connectivity index (χ0n) is 11.3. The molecule has 96 valence electrons. The van der Waals surface area contributed by atoms with Crippen molar-refractivity contribution in [2.75, 3.05) is 0 Å². The lowest BCUT2D eigenvalue weighted by Crippen LogP contribution is -2.27. The van der Waals surface area contributed by atoms with E-state index in [0.717, 1.165) is 0 Å². The molecule has 0 N–H and O–H groups in total. The number of aryl methyl sites for hydroxylation is 1. The molecule has 0 bridgehead atoms. The van der Waals surface area contributed by atoms with Crippen LogP contribution in [0.25, 0.3) is 0 Å². The van der Waals surface area contributed by atoms with E-state index in [-0.39, 0.29) is 0 Å². The normalized spacial score (nSPS) is 19.2. The maximum Gasteiger partial charge on any atom is 0.0225 e. The third-order valence-corrected chi connectivity index (χ3v) is 5.88. The van der Waals surface area contributed by atoms with Gasteiger partial charge in [-0.2, -0.15) is 0 Å². The molecule has 1 fully saturated rings. The van der Waals surface area contributed by atoms with E-state index in [1.165, 1.54) is 41.0 Å². The minimum Gasteiger partial charge on any atom is -0.0895 e. The van der Waals surface area contributed by atoms with Crippen LogP contribution in [-0.4, -0.2) is 0 Å². The van der Waals surface area contributed by atoms with Crippen LogP contribution in [0.3, 0.4) is 0 Å². The predicted molar refractivity (Wildman–Crippen MR) is 81.0 cm³/mol. The quantitative estimate of drug-likeness (QED) is 0.622. The van der Waals surface area contributed by atoms with E-state index in [1.54, 1.807) is 11.1 Å². The fourth-order valence-corrected chi connectivity index (χ4v) is 5.10. The van der Waals surface area contributed by atoms with Crippen LogP contribution in [0.5, 0.6) is 0 Å². The van der Waals surface area contributed by atoms with Gasteiger partial charge in [-0.15, -0.1) is 0 Å². The number of hydrogen-bond donors (Lipinski definition) is 0. The minimum atomic E-state index is 0.309. The lowest BCUT2D eigenvalue weighted by molar-refractivity contribution is 0.511. The molecule has 2 aliphatic rings. The van der Waals surface area contributed by atoms with E-state index in [9.17, 15) is 0 Å². The molecule has 2 aromatic rings. The Bertz CT molecular complexity index is 636. The summed E-state index contributed by atoms with van der Waals surface area (Å²) >= 11 is 1.95. The van der Waals surface area contributed by atoms with Crippen molar-refractivity contribution in [1.29, 1.82) is 0 Å². The average molecular weight is 266 g/mol. The second-order valence-electron chi connectivity index (χ2n) is 5.89. The van der Waals surface area contributed by atoms with Crippen molar-refractivity contribution >= 4 is 11.8 Å². The maximum atomic E-state index is 2.43. The monoisotopic (exact) mass is 266 g/mol. The molecule has 0 aromatic heterocycles. The lowest BCUT2D eigenvalue weighted by Gasteiger charge is -2.37. The van der Waals surface area contributed by atoms with E-state index in [0.29, 0.717) is 5.41 Å². The number of hydrogen-bond acceptors (Lipinski definition) is 1. The summed E-state index contributed by atoms with van der Waals surface area (Å²) in [6.45, 7) is 2.22. The zero-order valence-corrected chi connectivity index (χ0v) is 12.1. The molecule has 0 saturated heterocycles. The molecule has 0 amide bonds. The highest BCUT2D eigenvalue weighted by atomic mass is 32.2. The van der Waals surface area contributed by atoms with Crippen LogP contribution >= 0.6 is 11.8 Å². The van der Waals surface area contributed by atoms with Crippen LogP contribution in [-0.2, 0) is 5.41 Å². The largest absolute Gasteiger partial charge is 0.0895 e. The fraction of sp³-hybridized carbons (Fsp3) is 0.333. The molecule has 1 saturated carbocycles. The fourth-order valence-electron chi connectivity index (χ4n) is 3.84. The first-order chi connectivity index (χ1) is 9.29. The van der Waals surface area contributed by atoms with Crippen molar-refractivity contribution in [3.05, 3.63) is 59.2 Å². The van der Waals surface area contributed by atoms with Crippen molar-refractivity contribution in [1.82, 2.24) is 0 Å². The van der Waals surface area contributed by atoms with E-state index in [2.05, 4.69) is 49.4 Å². The summed E-state index contributed by atoms with van der Waals surface area (Å²) in [4.78, 5) is 2.95. The van der Waals surface area contributed by atoms with Crippen LogP contribution in [0.4, 0.5) is 0 Å². The van der Waals surface area contributed by atoms with Crippen LogP contribution in [0.15, 0.2) is 52.3 Å². The summed E-state index contributed by atoms with van der Waals surface area (Å²) in [5, 5.41) is 0. The van der Waals surface area contributed by atoms with Gasteiger partial charge in [0.05, 0.1) is 0 Å². The Morgan fingerprint density at radius 1 is 0.895 bits per heavy atom. The van der Waals surface area contributed by atoms with Crippen molar-refractivity contribution in [2.45, 2.75) is 47.8 Å². The second kappa shape index (κ2) is 4.14. The van der Waals surface area contributed by atoms with Gasteiger partial charge in [0.25, 0.3) is 0 Å². The van der Waals surface area contributed by atoms with Crippen molar-refractivity contribution in [3.63, 3.8) is 0 Å². The van der Waals surface area contributed by atoms with Crippen LogP contribution in [0, 0.1) is 6.92 Å². The molecule has 1 heteroatoms. The lowest BCUT2D eigenvalue weighted by atomic mass is 9.72. The molecule has 1 aliphatic heterocycles. The van der Waals surface area contributed by atoms with Crippen LogP contribution in [0.1, 0.15) is 42.4 Å². The first-order valence-electron chi connectivity index (χ1n) is 7.18. The van der Waals surface area contributed by atoms with Crippen molar-refractivity contribution in [2.24, 2.45) is 0 Å². The van der Waals surface area contributed by atoms with Gasteiger partial charge in [-0.3, -0.25) is 0 Å². The molecule has 0 unspecified atom stereocenters. The second-order valence-corrected chi connectivity index (χ2v) is 6.97. The van der Waals surface area contributed by atoms with Crippen molar-refractivity contribution in [3.8, 4) is 0 Å². The molecule has 4 rings (SSSR count). The summed E-state index contributed by atoms with van der Waals surface area (Å²) < 4.78 is 0. The van der Waals surface area contributed by atoms with E-state index >= 15 is 0 Å². The van der Waals surface area contributed by atoms with E-state index in [1.807, 2.05) is 11.8 Å².